The molecule has 0 aliphatic carbocycles. The molecular weight excluding hydrogens is 226 g/mol. The average molecular weight is 244 g/mol. The first kappa shape index (κ1) is 12.9. The number of halogens is 1. The van der Waals surface area contributed by atoms with Gasteiger partial charge >= 0.3 is 0 Å². The van der Waals surface area contributed by atoms with E-state index >= 15 is 0 Å². The van der Waals surface area contributed by atoms with Crippen molar-refractivity contribution in [1.82, 2.24) is 5.32 Å². The second-order valence-electron chi connectivity index (χ2n) is 3.48. The summed E-state index contributed by atoms with van der Waals surface area (Å²) < 4.78 is 0. The van der Waals surface area contributed by atoms with Gasteiger partial charge in [0, 0.05) is 16.8 Å². The fraction of sp³-hybridized carbons (Fsp3) is 0.500. The standard InChI is InChI=1S/C12H18ClNS/c1-3-8-14-12(9-15-2)10-6-4-5-7-11(10)13/h4-7,12,14H,3,8-9H2,1-2H3. The summed E-state index contributed by atoms with van der Waals surface area (Å²) in [7, 11) is 0. The molecule has 0 saturated heterocycles. The van der Waals surface area contributed by atoms with Gasteiger partial charge in [-0.15, -0.1) is 0 Å². The van der Waals surface area contributed by atoms with Crippen LogP contribution in [-0.2, 0) is 0 Å². The third-order valence-electron chi connectivity index (χ3n) is 2.25. The van der Waals surface area contributed by atoms with Crippen LogP contribution in [0.4, 0.5) is 0 Å². The first-order valence-corrected chi connectivity index (χ1v) is 7.03. The molecule has 1 rings (SSSR count). The fourth-order valence-electron chi connectivity index (χ4n) is 1.50. The number of nitrogens with one attached hydrogen (secondary N) is 1. The summed E-state index contributed by atoms with van der Waals surface area (Å²) in [5, 5.41) is 4.38. The molecule has 0 aliphatic rings. The van der Waals surface area contributed by atoms with E-state index < -0.39 is 0 Å². The molecule has 1 atom stereocenters. The van der Waals surface area contributed by atoms with Crippen LogP contribution in [0.15, 0.2) is 24.3 Å². The molecule has 0 aromatic heterocycles. The average Bonchev–Trinajstić information content (AvgIpc) is 2.25. The van der Waals surface area contributed by atoms with Gasteiger partial charge in [-0.05, 0) is 30.9 Å². The van der Waals surface area contributed by atoms with Crippen molar-refractivity contribution in [2.24, 2.45) is 0 Å². The molecule has 0 bridgehead atoms. The van der Waals surface area contributed by atoms with Gasteiger partial charge in [0.2, 0.25) is 0 Å². The Hall–Kier alpha value is -0.180. The summed E-state index contributed by atoms with van der Waals surface area (Å²) in [5.74, 6) is 1.06. The Morgan fingerprint density at radius 3 is 2.73 bits per heavy atom. The smallest absolute Gasteiger partial charge is 0.0454 e. The van der Waals surface area contributed by atoms with E-state index in [1.54, 1.807) is 0 Å². The second kappa shape index (κ2) is 7.15. The molecular formula is C12H18ClNS. The number of hydrogen-bond acceptors (Lipinski definition) is 2. The summed E-state index contributed by atoms with van der Waals surface area (Å²) in [6.07, 6.45) is 3.27. The number of thioether (sulfide) groups is 1. The van der Waals surface area contributed by atoms with Crippen LogP contribution in [0, 0.1) is 0 Å². The molecule has 84 valence electrons. The van der Waals surface area contributed by atoms with Gasteiger partial charge in [-0.3, -0.25) is 0 Å². The number of hydrogen-bond donors (Lipinski definition) is 1. The Morgan fingerprint density at radius 1 is 1.40 bits per heavy atom. The topological polar surface area (TPSA) is 12.0 Å². The molecule has 1 N–H and O–H groups in total. The normalized spacial score (nSPS) is 12.7. The van der Waals surface area contributed by atoms with Crippen LogP contribution in [0.1, 0.15) is 24.9 Å². The third-order valence-corrected chi connectivity index (χ3v) is 3.27. The van der Waals surface area contributed by atoms with Crippen LogP contribution < -0.4 is 5.32 Å². The lowest BCUT2D eigenvalue weighted by molar-refractivity contribution is 0.578. The van der Waals surface area contributed by atoms with Crippen LogP contribution in [0.25, 0.3) is 0 Å². The van der Waals surface area contributed by atoms with E-state index in [0.29, 0.717) is 6.04 Å². The molecule has 0 aliphatic heterocycles. The van der Waals surface area contributed by atoms with E-state index in [0.717, 1.165) is 23.7 Å². The van der Waals surface area contributed by atoms with E-state index in [2.05, 4.69) is 24.6 Å². The maximum atomic E-state index is 6.18. The summed E-state index contributed by atoms with van der Waals surface area (Å²) in [4.78, 5) is 0. The molecule has 0 amide bonds. The van der Waals surface area contributed by atoms with Crippen molar-refractivity contribution in [1.29, 1.82) is 0 Å². The van der Waals surface area contributed by atoms with Gasteiger partial charge in [0.15, 0.2) is 0 Å². The van der Waals surface area contributed by atoms with Crippen molar-refractivity contribution >= 4 is 23.4 Å². The summed E-state index contributed by atoms with van der Waals surface area (Å²) in [6.45, 7) is 3.21. The van der Waals surface area contributed by atoms with Crippen LogP contribution in [0.5, 0.6) is 0 Å². The van der Waals surface area contributed by atoms with E-state index in [1.807, 2.05) is 30.0 Å². The van der Waals surface area contributed by atoms with Gasteiger partial charge in [0.05, 0.1) is 0 Å². The van der Waals surface area contributed by atoms with Crippen molar-refractivity contribution < 1.29 is 0 Å². The zero-order chi connectivity index (χ0) is 11.1. The molecule has 0 fully saturated rings. The number of benzene rings is 1. The zero-order valence-electron chi connectivity index (χ0n) is 9.29. The largest absolute Gasteiger partial charge is 0.309 e. The zero-order valence-corrected chi connectivity index (χ0v) is 10.9. The first-order valence-electron chi connectivity index (χ1n) is 5.26. The molecule has 0 saturated carbocycles. The summed E-state index contributed by atoms with van der Waals surface area (Å²) in [6, 6.07) is 8.45. The van der Waals surface area contributed by atoms with Gasteiger partial charge in [-0.1, -0.05) is 36.7 Å². The van der Waals surface area contributed by atoms with Crippen LogP contribution >= 0.6 is 23.4 Å². The highest BCUT2D eigenvalue weighted by atomic mass is 35.5. The van der Waals surface area contributed by atoms with E-state index in [1.165, 1.54) is 5.56 Å². The highest BCUT2D eigenvalue weighted by Crippen LogP contribution is 2.24. The Kier molecular flexibility index (Phi) is 6.15. The minimum absolute atomic E-state index is 0.369. The molecule has 0 radical (unpaired) electrons. The predicted octanol–water partition coefficient (Wildman–Crippen LogP) is 3.74. The molecule has 0 heterocycles. The Labute approximate surface area is 102 Å². The molecule has 3 heteroatoms. The SMILES string of the molecule is CCCNC(CSC)c1ccccc1Cl. The molecule has 15 heavy (non-hydrogen) atoms. The maximum Gasteiger partial charge on any atom is 0.0454 e. The predicted molar refractivity (Wildman–Crippen MR) is 70.9 cm³/mol. The van der Waals surface area contributed by atoms with Crippen LogP contribution in [-0.4, -0.2) is 18.6 Å². The minimum Gasteiger partial charge on any atom is -0.309 e. The Bertz CT molecular complexity index is 291. The lowest BCUT2D eigenvalue weighted by Crippen LogP contribution is -2.24. The highest BCUT2D eigenvalue weighted by molar-refractivity contribution is 7.98. The van der Waals surface area contributed by atoms with Crippen LogP contribution in [0.2, 0.25) is 5.02 Å². The van der Waals surface area contributed by atoms with Gasteiger partial charge < -0.3 is 5.32 Å². The van der Waals surface area contributed by atoms with Crippen LogP contribution in [0.3, 0.4) is 0 Å². The highest BCUT2D eigenvalue weighted by Gasteiger charge is 2.12. The second-order valence-corrected chi connectivity index (χ2v) is 4.80. The Balaban J connectivity index is 2.74. The number of rotatable bonds is 6. The molecule has 1 nitrogen and oxygen atoms in total. The maximum absolute atomic E-state index is 6.18. The van der Waals surface area contributed by atoms with Crippen molar-refractivity contribution in [3.8, 4) is 0 Å². The van der Waals surface area contributed by atoms with Crippen molar-refractivity contribution in [2.75, 3.05) is 18.6 Å². The molecule has 0 spiro atoms. The molecule has 1 unspecified atom stereocenters. The monoisotopic (exact) mass is 243 g/mol. The quantitative estimate of drug-likeness (QED) is 0.817. The van der Waals surface area contributed by atoms with E-state index in [9.17, 15) is 0 Å². The Morgan fingerprint density at radius 2 is 2.13 bits per heavy atom. The summed E-state index contributed by atoms with van der Waals surface area (Å²) >= 11 is 8.03. The van der Waals surface area contributed by atoms with Gasteiger partial charge in [0.25, 0.3) is 0 Å². The molecule has 1 aromatic rings. The van der Waals surface area contributed by atoms with E-state index in [-0.39, 0.29) is 0 Å². The van der Waals surface area contributed by atoms with Gasteiger partial charge in [-0.25, -0.2) is 0 Å². The lowest BCUT2D eigenvalue weighted by atomic mass is 10.1. The fourth-order valence-corrected chi connectivity index (χ4v) is 2.40. The van der Waals surface area contributed by atoms with Crippen molar-refractivity contribution in [2.45, 2.75) is 19.4 Å². The first-order chi connectivity index (χ1) is 7.29. The van der Waals surface area contributed by atoms with E-state index in [4.69, 9.17) is 11.6 Å². The van der Waals surface area contributed by atoms with Crippen molar-refractivity contribution in [3.05, 3.63) is 34.9 Å². The molecule has 1 aromatic carbocycles. The minimum atomic E-state index is 0.369. The van der Waals surface area contributed by atoms with Gasteiger partial charge in [-0.2, -0.15) is 11.8 Å². The summed E-state index contributed by atoms with van der Waals surface area (Å²) in [5.41, 5.74) is 1.21. The lowest BCUT2D eigenvalue weighted by Gasteiger charge is -2.19. The third kappa shape index (κ3) is 4.06. The van der Waals surface area contributed by atoms with Crippen molar-refractivity contribution in [3.63, 3.8) is 0 Å². The van der Waals surface area contributed by atoms with Gasteiger partial charge in [0.1, 0.15) is 0 Å².